The zero-order valence-corrected chi connectivity index (χ0v) is 10.1. The number of rotatable bonds is 3. The molecule has 74 valence electrons. The number of hydrogen-bond acceptors (Lipinski definition) is 2. The molecule has 1 rings (SSSR count). The summed E-state index contributed by atoms with van der Waals surface area (Å²) in [5.41, 5.74) is 0. The maximum absolute atomic E-state index is 11.9. The Morgan fingerprint density at radius 2 is 2.21 bits per heavy atom. The van der Waals surface area contributed by atoms with E-state index in [4.69, 9.17) is 5.26 Å². The molecule has 2 atom stereocenters. The zero-order valence-electron chi connectivity index (χ0n) is 7.74. The molecule has 0 heterocycles. The first-order chi connectivity index (χ1) is 6.70. The molecule has 0 N–H and O–H groups in total. The van der Waals surface area contributed by atoms with Crippen LogP contribution in [0.2, 0.25) is 0 Å². The normalized spacial score (nSPS) is 14.4. The summed E-state index contributed by atoms with van der Waals surface area (Å²) in [5, 5.41) is 8.37. The second-order valence-electron chi connectivity index (χ2n) is 2.75. The van der Waals surface area contributed by atoms with Crippen molar-refractivity contribution < 1.29 is 4.21 Å². The molecule has 0 saturated carbocycles. The first-order valence-corrected chi connectivity index (χ1v) is 6.26. The minimum Gasteiger partial charge on any atom is -0.253 e. The molecule has 0 aromatic heterocycles. The van der Waals surface area contributed by atoms with Crippen LogP contribution in [0.1, 0.15) is 13.3 Å². The topological polar surface area (TPSA) is 40.9 Å². The highest BCUT2D eigenvalue weighted by Crippen LogP contribution is 2.22. The summed E-state index contributed by atoms with van der Waals surface area (Å²) in [4.78, 5) is 0.695. The molecule has 0 fully saturated rings. The maximum Gasteiger partial charge on any atom is 0.126 e. The summed E-state index contributed by atoms with van der Waals surface area (Å²) in [7, 11) is -1.24. The Balaban J connectivity index is 3.01. The van der Waals surface area contributed by atoms with Gasteiger partial charge >= 0.3 is 0 Å². The predicted molar refractivity (Wildman–Crippen MR) is 60.2 cm³/mol. The number of benzene rings is 1. The fraction of sp³-hybridized carbons (Fsp3) is 0.300. The Hall–Kier alpha value is -0.660. The summed E-state index contributed by atoms with van der Waals surface area (Å²) in [6.45, 7) is 1.86. The van der Waals surface area contributed by atoms with Gasteiger partial charge in [-0.15, -0.1) is 0 Å². The molecule has 0 aliphatic carbocycles. The third-order valence-corrected chi connectivity index (χ3v) is 4.53. The van der Waals surface area contributed by atoms with E-state index in [1.165, 1.54) is 0 Å². The maximum atomic E-state index is 11.9. The SMILES string of the molecule is CCC(C#N)S(=O)c1ccccc1Br. The van der Waals surface area contributed by atoms with E-state index in [2.05, 4.69) is 22.0 Å². The van der Waals surface area contributed by atoms with Crippen molar-refractivity contribution in [3.8, 4) is 6.07 Å². The van der Waals surface area contributed by atoms with E-state index in [1.807, 2.05) is 25.1 Å². The highest BCUT2D eigenvalue weighted by atomic mass is 79.9. The molecule has 4 heteroatoms. The van der Waals surface area contributed by atoms with Crippen LogP contribution in [0.5, 0.6) is 0 Å². The largest absolute Gasteiger partial charge is 0.253 e. The van der Waals surface area contributed by atoms with Crippen LogP contribution in [0.3, 0.4) is 0 Å². The van der Waals surface area contributed by atoms with Crippen molar-refractivity contribution in [2.45, 2.75) is 23.5 Å². The second kappa shape index (κ2) is 5.28. The molecular formula is C10H10BrNOS. The van der Waals surface area contributed by atoms with E-state index in [9.17, 15) is 4.21 Å². The van der Waals surface area contributed by atoms with Crippen LogP contribution in [0, 0.1) is 11.3 Å². The molecule has 0 spiro atoms. The first kappa shape index (κ1) is 11.4. The smallest absolute Gasteiger partial charge is 0.126 e. The molecule has 0 radical (unpaired) electrons. The Morgan fingerprint density at radius 3 is 2.71 bits per heavy atom. The van der Waals surface area contributed by atoms with Gasteiger partial charge in [0.15, 0.2) is 0 Å². The van der Waals surface area contributed by atoms with Crippen LogP contribution in [0.4, 0.5) is 0 Å². The lowest BCUT2D eigenvalue weighted by Gasteiger charge is -2.07. The first-order valence-electron chi connectivity index (χ1n) is 4.25. The van der Waals surface area contributed by atoms with Gasteiger partial charge in [-0.25, -0.2) is 0 Å². The van der Waals surface area contributed by atoms with E-state index in [1.54, 1.807) is 6.07 Å². The quantitative estimate of drug-likeness (QED) is 0.848. The summed E-state index contributed by atoms with van der Waals surface area (Å²) < 4.78 is 12.7. The van der Waals surface area contributed by atoms with Crippen molar-refractivity contribution in [3.05, 3.63) is 28.7 Å². The molecule has 2 unspecified atom stereocenters. The Kier molecular flexibility index (Phi) is 4.30. The molecule has 1 aromatic carbocycles. The van der Waals surface area contributed by atoms with Gasteiger partial charge in [-0.05, 0) is 34.5 Å². The van der Waals surface area contributed by atoms with E-state index >= 15 is 0 Å². The molecule has 1 aromatic rings. The summed E-state index contributed by atoms with van der Waals surface area (Å²) >= 11 is 3.32. The van der Waals surface area contributed by atoms with Gasteiger partial charge in [0.25, 0.3) is 0 Å². The third-order valence-electron chi connectivity index (χ3n) is 1.83. The third kappa shape index (κ3) is 2.43. The Bertz CT molecular complexity index is 386. The van der Waals surface area contributed by atoms with Gasteiger partial charge < -0.3 is 0 Å². The minimum atomic E-state index is -1.24. The van der Waals surface area contributed by atoms with Crippen LogP contribution in [0.25, 0.3) is 0 Å². The van der Waals surface area contributed by atoms with Gasteiger partial charge in [0.2, 0.25) is 0 Å². The fourth-order valence-electron chi connectivity index (χ4n) is 1.05. The number of hydrogen-bond donors (Lipinski definition) is 0. The monoisotopic (exact) mass is 271 g/mol. The predicted octanol–water partition coefficient (Wildman–Crippen LogP) is 2.86. The van der Waals surface area contributed by atoms with Gasteiger partial charge in [-0.3, -0.25) is 4.21 Å². The van der Waals surface area contributed by atoms with E-state index in [-0.39, 0.29) is 0 Å². The van der Waals surface area contributed by atoms with Crippen LogP contribution < -0.4 is 0 Å². The average molecular weight is 272 g/mol. The van der Waals surface area contributed by atoms with Crippen molar-refractivity contribution in [1.29, 1.82) is 5.26 Å². The van der Waals surface area contributed by atoms with Crippen LogP contribution in [0.15, 0.2) is 33.6 Å². The molecule has 0 saturated heterocycles. The second-order valence-corrected chi connectivity index (χ2v) is 5.21. The molecule has 0 aliphatic rings. The van der Waals surface area contributed by atoms with Gasteiger partial charge in [0.1, 0.15) is 5.25 Å². The molecular weight excluding hydrogens is 262 g/mol. The molecule has 0 bridgehead atoms. The summed E-state index contributed by atoms with van der Waals surface area (Å²) in [6, 6.07) is 9.35. The molecule has 2 nitrogen and oxygen atoms in total. The van der Waals surface area contributed by atoms with Gasteiger partial charge in [-0.1, -0.05) is 19.1 Å². The van der Waals surface area contributed by atoms with Crippen LogP contribution in [-0.4, -0.2) is 9.46 Å². The lowest BCUT2D eigenvalue weighted by atomic mass is 10.4. The van der Waals surface area contributed by atoms with Crippen LogP contribution in [-0.2, 0) is 10.8 Å². The molecule has 14 heavy (non-hydrogen) atoms. The number of halogens is 1. The summed E-state index contributed by atoms with van der Waals surface area (Å²) in [5.74, 6) is 0. The average Bonchev–Trinajstić information content (AvgIpc) is 2.20. The lowest BCUT2D eigenvalue weighted by Crippen LogP contribution is -2.11. The van der Waals surface area contributed by atoms with E-state index in [0.717, 1.165) is 4.47 Å². The summed E-state index contributed by atoms with van der Waals surface area (Å²) in [6.07, 6.45) is 0.602. The Morgan fingerprint density at radius 1 is 1.57 bits per heavy atom. The lowest BCUT2D eigenvalue weighted by molar-refractivity contribution is 0.676. The number of nitriles is 1. The number of nitrogens with zero attached hydrogens (tertiary/aromatic N) is 1. The van der Waals surface area contributed by atoms with Crippen molar-refractivity contribution in [3.63, 3.8) is 0 Å². The van der Waals surface area contributed by atoms with E-state index in [0.29, 0.717) is 11.3 Å². The van der Waals surface area contributed by atoms with Crippen molar-refractivity contribution >= 4 is 26.7 Å². The van der Waals surface area contributed by atoms with Gasteiger partial charge in [-0.2, -0.15) is 5.26 Å². The van der Waals surface area contributed by atoms with Crippen LogP contribution >= 0.6 is 15.9 Å². The van der Waals surface area contributed by atoms with Crippen molar-refractivity contribution in [2.75, 3.05) is 0 Å². The minimum absolute atomic E-state index is 0.423. The van der Waals surface area contributed by atoms with Gasteiger partial charge in [0.05, 0.1) is 21.8 Å². The molecule has 0 aliphatic heterocycles. The van der Waals surface area contributed by atoms with Gasteiger partial charge in [0, 0.05) is 4.47 Å². The zero-order chi connectivity index (χ0) is 10.6. The molecule has 0 amide bonds. The Labute approximate surface area is 94.5 Å². The van der Waals surface area contributed by atoms with Crippen molar-refractivity contribution in [1.82, 2.24) is 0 Å². The fourth-order valence-corrected chi connectivity index (χ4v) is 2.99. The standard InChI is InChI=1S/C10H10BrNOS/c1-2-8(7-12)14(13)10-6-4-3-5-9(10)11/h3-6,8H,2H2,1H3. The highest BCUT2D eigenvalue weighted by molar-refractivity contribution is 9.10. The van der Waals surface area contributed by atoms with Crippen molar-refractivity contribution in [2.24, 2.45) is 0 Å². The highest BCUT2D eigenvalue weighted by Gasteiger charge is 2.17. The van der Waals surface area contributed by atoms with E-state index < -0.39 is 16.0 Å².